The molecular formula is C19H31NO5. The first-order chi connectivity index (χ1) is 11.8. The van der Waals surface area contributed by atoms with Crippen molar-refractivity contribution in [1.29, 1.82) is 0 Å². The van der Waals surface area contributed by atoms with E-state index in [2.05, 4.69) is 17.0 Å². The third-order valence-electron chi connectivity index (χ3n) is 4.03. The molecule has 0 amide bonds. The van der Waals surface area contributed by atoms with Crippen molar-refractivity contribution in [2.75, 3.05) is 19.0 Å². The lowest BCUT2D eigenvalue weighted by atomic mass is 10.0. The van der Waals surface area contributed by atoms with Crippen LogP contribution in [0.4, 0.5) is 5.69 Å². The van der Waals surface area contributed by atoms with Crippen molar-refractivity contribution in [1.82, 2.24) is 0 Å². The number of rotatable bonds is 11. The largest absolute Gasteiger partial charge is 0.469 e. The standard InChI is InChI=1S/C19H31NO5/c1-14(6-8-25-19(2,3)7-5-18(23)24-4)20-17-10-15(12-21)9-16(11-17)13-22/h9-11,14,20-22H,5-8,12-13H2,1-4H3. The molecular weight excluding hydrogens is 322 g/mol. The van der Waals surface area contributed by atoms with Crippen molar-refractivity contribution in [2.24, 2.45) is 0 Å². The maximum Gasteiger partial charge on any atom is 0.305 e. The van der Waals surface area contributed by atoms with Crippen LogP contribution in [0, 0.1) is 0 Å². The van der Waals surface area contributed by atoms with Gasteiger partial charge in [-0.1, -0.05) is 6.07 Å². The Bertz CT molecular complexity index is 522. The van der Waals surface area contributed by atoms with Gasteiger partial charge in [-0.25, -0.2) is 0 Å². The topological polar surface area (TPSA) is 88.0 Å². The van der Waals surface area contributed by atoms with Gasteiger partial charge < -0.3 is 25.0 Å². The van der Waals surface area contributed by atoms with Crippen LogP contribution in [0.3, 0.4) is 0 Å². The summed E-state index contributed by atoms with van der Waals surface area (Å²) in [6.07, 6.45) is 1.74. The molecule has 0 heterocycles. The molecule has 6 heteroatoms. The summed E-state index contributed by atoms with van der Waals surface area (Å²) in [4.78, 5) is 11.2. The number of esters is 1. The smallest absolute Gasteiger partial charge is 0.305 e. The van der Waals surface area contributed by atoms with Gasteiger partial charge in [-0.2, -0.15) is 0 Å². The van der Waals surface area contributed by atoms with Gasteiger partial charge in [0, 0.05) is 24.8 Å². The number of benzene rings is 1. The Morgan fingerprint density at radius 2 is 1.80 bits per heavy atom. The van der Waals surface area contributed by atoms with Gasteiger partial charge in [0.25, 0.3) is 0 Å². The number of hydrogen-bond donors (Lipinski definition) is 3. The molecule has 6 nitrogen and oxygen atoms in total. The average Bonchev–Trinajstić information content (AvgIpc) is 2.58. The number of anilines is 1. The van der Waals surface area contributed by atoms with Crippen molar-refractivity contribution in [3.05, 3.63) is 29.3 Å². The van der Waals surface area contributed by atoms with Crippen LogP contribution in [-0.2, 0) is 27.5 Å². The Labute approximate surface area is 150 Å². The third-order valence-corrected chi connectivity index (χ3v) is 4.03. The minimum Gasteiger partial charge on any atom is -0.469 e. The molecule has 1 rings (SSSR count). The minimum atomic E-state index is -0.380. The maximum absolute atomic E-state index is 11.2. The lowest BCUT2D eigenvalue weighted by molar-refractivity contribution is -0.142. The van der Waals surface area contributed by atoms with Gasteiger partial charge in [0.2, 0.25) is 0 Å². The molecule has 0 spiro atoms. The van der Waals surface area contributed by atoms with Crippen LogP contribution in [0.25, 0.3) is 0 Å². The van der Waals surface area contributed by atoms with E-state index < -0.39 is 0 Å². The van der Waals surface area contributed by atoms with Crippen molar-refractivity contribution < 1.29 is 24.5 Å². The lowest BCUT2D eigenvalue weighted by Gasteiger charge is -2.26. The van der Waals surface area contributed by atoms with Crippen LogP contribution >= 0.6 is 0 Å². The number of carbonyl (C=O) groups excluding carboxylic acids is 1. The van der Waals surface area contributed by atoms with Gasteiger partial charge in [0.1, 0.15) is 0 Å². The van der Waals surface area contributed by atoms with E-state index in [1.807, 2.05) is 26.0 Å². The molecule has 1 aromatic rings. The maximum atomic E-state index is 11.2. The number of hydrogen-bond acceptors (Lipinski definition) is 6. The highest BCUT2D eigenvalue weighted by Crippen LogP contribution is 2.19. The van der Waals surface area contributed by atoms with E-state index in [9.17, 15) is 15.0 Å². The Morgan fingerprint density at radius 3 is 2.32 bits per heavy atom. The van der Waals surface area contributed by atoms with Crippen molar-refractivity contribution in [2.45, 2.75) is 64.9 Å². The highest BCUT2D eigenvalue weighted by Gasteiger charge is 2.20. The summed E-state index contributed by atoms with van der Waals surface area (Å²) in [7, 11) is 1.39. The van der Waals surface area contributed by atoms with Crippen LogP contribution < -0.4 is 5.32 Å². The highest BCUT2D eigenvalue weighted by atomic mass is 16.5. The predicted octanol–water partition coefficient (Wildman–Crippen LogP) is 2.61. The Balaban J connectivity index is 2.44. The summed E-state index contributed by atoms with van der Waals surface area (Å²) in [5, 5.41) is 21.9. The van der Waals surface area contributed by atoms with Crippen molar-refractivity contribution in [3.8, 4) is 0 Å². The number of aliphatic hydroxyl groups excluding tert-OH is 2. The fourth-order valence-corrected chi connectivity index (χ4v) is 2.47. The second kappa shape index (κ2) is 10.4. The molecule has 3 N–H and O–H groups in total. The molecule has 0 aliphatic carbocycles. The van der Waals surface area contributed by atoms with Crippen LogP contribution in [0.1, 0.15) is 51.2 Å². The first-order valence-corrected chi connectivity index (χ1v) is 8.61. The SMILES string of the molecule is COC(=O)CCC(C)(C)OCCC(C)Nc1cc(CO)cc(CO)c1. The second-order valence-corrected chi connectivity index (χ2v) is 6.87. The molecule has 0 bridgehead atoms. The van der Waals surface area contributed by atoms with Gasteiger partial charge in [-0.15, -0.1) is 0 Å². The minimum absolute atomic E-state index is 0.0611. The average molecular weight is 353 g/mol. The summed E-state index contributed by atoms with van der Waals surface area (Å²) >= 11 is 0. The monoisotopic (exact) mass is 353 g/mol. The summed E-state index contributed by atoms with van der Waals surface area (Å²) < 4.78 is 10.5. The zero-order chi connectivity index (χ0) is 18.9. The van der Waals surface area contributed by atoms with E-state index in [0.29, 0.717) is 19.4 Å². The molecule has 0 aliphatic rings. The van der Waals surface area contributed by atoms with E-state index in [-0.39, 0.29) is 30.8 Å². The van der Waals surface area contributed by atoms with E-state index in [1.54, 1.807) is 6.07 Å². The van der Waals surface area contributed by atoms with Gasteiger partial charge in [0.15, 0.2) is 0 Å². The molecule has 1 aromatic carbocycles. The molecule has 1 unspecified atom stereocenters. The summed E-state index contributed by atoms with van der Waals surface area (Å²) in [5.74, 6) is -0.227. The first-order valence-electron chi connectivity index (χ1n) is 8.61. The van der Waals surface area contributed by atoms with Crippen LogP contribution in [-0.4, -0.2) is 41.5 Å². The number of carbonyl (C=O) groups is 1. The summed E-state index contributed by atoms with van der Waals surface area (Å²) in [6.45, 7) is 6.42. The molecule has 0 aromatic heterocycles. The number of ether oxygens (including phenoxy) is 2. The first kappa shape index (κ1) is 21.4. The van der Waals surface area contributed by atoms with E-state index in [0.717, 1.165) is 23.2 Å². The van der Waals surface area contributed by atoms with Crippen LogP contribution in [0.5, 0.6) is 0 Å². The van der Waals surface area contributed by atoms with Gasteiger partial charge in [-0.05, 0) is 56.9 Å². The molecule has 1 atom stereocenters. The quantitative estimate of drug-likeness (QED) is 0.530. The van der Waals surface area contributed by atoms with E-state index in [1.165, 1.54) is 7.11 Å². The predicted molar refractivity (Wildman–Crippen MR) is 97.3 cm³/mol. The molecule has 0 saturated carbocycles. The van der Waals surface area contributed by atoms with E-state index in [4.69, 9.17) is 4.74 Å². The Hall–Kier alpha value is -1.63. The van der Waals surface area contributed by atoms with Gasteiger partial charge >= 0.3 is 5.97 Å². The summed E-state index contributed by atoms with van der Waals surface area (Å²) in [5.41, 5.74) is 2.02. The second-order valence-electron chi connectivity index (χ2n) is 6.87. The number of aliphatic hydroxyl groups is 2. The molecule has 142 valence electrons. The number of nitrogens with one attached hydrogen (secondary N) is 1. The Kier molecular flexibility index (Phi) is 8.89. The van der Waals surface area contributed by atoms with E-state index >= 15 is 0 Å². The van der Waals surface area contributed by atoms with Crippen LogP contribution in [0.15, 0.2) is 18.2 Å². The number of methoxy groups -OCH3 is 1. The normalized spacial score (nSPS) is 12.7. The molecule has 0 aliphatic heterocycles. The summed E-state index contributed by atoms with van der Waals surface area (Å²) in [6, 6.07) is 5.69. The van der Waals surface area contributed by atoms with Crippen LogP contribution in [0.2, 0.25) is 0 Å². The fraction of sp³-hybridized carbons (Fsp3) is 0.632. The van der Waals surface area contributed by atoms with Gasteiger partial charge in [0.05, 0.1) is 25.9 Å². The fourth-order valence-electron chi connectivity index (χ4n) is 2.47. The molecule has 0 saturated heterocycles. The zero-order valence-corrected chi connectivity index (χ0v) is 15.7. The molecule has 0 radical (unpaired) electrons. The van der Waals surface area contributed by atoms with Crippen molar-refractivity contribution >= 4 is 11.7 Å². The Morgan fingerprint density at radius 1 is 1.20 bits per heavy atom. The van der Waals surface area contributed by atoms with Crippen molar-refractivity contribution in [3.63, 3.8) is 0 Å². The lowest BCUT2D eigenvalue weighted by Crippen LogP contribution is -2.28. The zero-order valence-electron chi connectivity index (χ0n) is 15.7. The molecule has 25 heavy (non-hydrogen) atoms. The highest BCUT2D eigenvalue weighted by molar-refractivity contribution is 5.69. The van der Waals surface area contributed by atoms with Gasteiger partial charge in [-0.3, -0.25) is 4.79 Å². The molecule has 0 fully saturated rings. The third kappa shape index (κ3) is 8.34.